The van der Waals surface area contributed by atoms with Crippen molar-refractivity contribution in [3.63, 3.8) is 0 Å². The molecule has 0 bridgehead atoms. The zero-order valence-corrected chi connectivity index (χ0v) is 16.0. The Hall–Kier alpha value is -0.790. The second kappa shape index (κ2) is 5.61. The fourth-order valence-electron chi connectivity index (χ4n) is 7.04. The molecule has 0 aromatic carbocycles. The van der Waals surface area contributed by atoms with E-state index in [1.165, 1.54) is 44.9 Å². The van der Waals surface area contributed by atoms with Crippen molar-refractivity contribution in [3.8, 4) is 0 Å². The zero-order chi connectivity index (χ0) is 17.1. The molecule has 0 unspecified atom stereocenters. The van der Waals surface area contributed by atoms with E-state index in [0.29, 0.717) is 10.8 Å². The van der Waals surface area contributed by atoms with Crippen molar-refractivity contribution >= 4 is 5.97 Å². The van der Waals surface area contributed by atoms with Gasteiger partial charge in [0.15, 0.2) is 0 Å². The number of hydrogen-bond donors (Lipinski definition) is 0. The van der Waals surface area contributed by atoms with Crippen LogP contribution in [0, 0.1) is 28.6 Å². The lowest BCUT2D eigenvalue weighted by molar-refractivity contribution is -0.154. The summed E-state index contributed by atoms with van der Waals surface area (Å²) in [5.41, 5.74) is 4.65. The summed E-state index contributed by atoms with van der Waals surface area (Å²) in [5, 5.41) is 0. The highest BCUT2D eigenvalue weighted by molar-refractivity contribution is 5.66. The van der Waals surface area contributed by atoms with Crippen LogP contribution in [0.25, 0.3) is 0 Å². The van der Waals surface area contributed by atoms with E-state index in [4.69, 9.17) is 4.74 Å². The van der Waals surface area contributed by atoms with E-state index < -0.39 is 0 Å². The molecule has 0 amide bonds. The molecule has 4 rings (SSSR count). The number of hydrogen-bond acceptors (Lipinski definition) is 2. The van der Waals surface area contributed by atoms with Crippen LogP contribution in [0.4, 0.5) is 0 Å². The molecule has 2 nitrogen and oxygen atoms in total. The van der Waals surface area contributed by atoms with Gasteiger partial charge in [0, 0.05) is 6.92 Å². The van der Waals surface area contributed by atoms with Gasteiger partial charge < -0.3 is 4.74 Å². The third kappa shape index (κ3) is 2.47. The Morgan fingerprint density at radius 2 is 1.83 bits per heavy atom. The van der Waals surface area contributed by atoms with Crippen LogP contribution in [-0.4, -0.2) is 12.1 Å². The summed E-state index contributed by atoms with van der Waals surface area (Å²) in [6, 6.07) is 0. The van der Waals surface area contributed by atoms with Gasteiger partial charge in [0.25, 0.3) is 0 Å². The Balaban J connectivity index is 1.56. The molecule has 0 aliphatic heterocycles. The van der Waals surface area contributed by atoms with Crippen molar-refractivity contribution in [2.45, 2.75) is 91.6 Å². The van der Waals surface area contributed by atoms with Crippen molar-refractivity contribution in [1.29, 1.82) is 0 Å². The van der Waals surface area contributed by atoms with Crippen molar-refractivity contribution in [2.24, 2.45) is 28.6 Å². The Morgan fingerprint density at radius 1 is 1.04 bits per heavy atom. The van der Waals surface area contributed by atoms with Crippen LogP contribution in [0.3, 0.4) is 0 Å². The van der Waals surface area contributed by atoms with Crippen molar-refractivity contribution in [3.05, 3.63) is 11.1 Å². The van der Waals surface area contributed by atoms with Gasteiger partial charge in [-0.2, -0.15) is 0 Å². The molecule has 24 heavy (non-hydrogen) atoms. The first-order valence-corrected chi connectivity index (χ1v) is 10.2. The number of rotatable bonds is 1. The normalized spacial score (nSPS) is 43.7. The van der Waals surface area contributed by atoms with E-state index in [0.717, 1.165) is 30.6 Å². The summed E-state index contributed by atoms with van der Waals surface area (Å²) in [6.07, 6.45) is 11.8. The van der Waals surface area contributed by atoms with Crippen molar-refractivity contribution in [2.75, 3.05) is 0 Å². The Bertz CT molecular complexity index is 573. The summed E-state index contributed by atoms with van der Waals surface area (Å²) >= 11 is 0. The second-order valence-electron chi connectivity index (χ2n) is 9.93. The molecule has 0 N–H and O–H groups in total. The Morgan fingerprint density at radius 3 is 2.58 bits per heavy atom. The zero-order valence-electron chi connectivity index (χ0n) is 16.0. The van der Waals surface area contributed by atoms with Crippen LogP contribution in [-0.2, 0) is 9.53 Å². The fraction of sp³-hybridized carbons (Fsp3) is 0.864. The minimum absolute atomic E-state index is 0.0991. The molecule has 0 heterocycles. The largest absolute Gasteiger partial charge is 0.463 e. The van der Waals surface area contributed by atoms with E-state index in [1.54, 1.807) is 6.92 Å². The molecule has 0 aromatic rings. The molecule has 5 atom stereocenters. The Labute approximate surface area is 147 Å². The maximum Gasteiger partial charge on any atom is 0.302 e. The number of carbonyl (C=O) groups excluding carboxylic acids is 1. The first kappa shape index (κ1) is 16.7. The van der Waals surface area contributed by atoms with E-state index in [9.17, 15) is 4.79 Å². The molecule has 2 heteroatoms. The van der Waals surface area contributed by atoms with E-state index in [-0.39, 0.29) is 12.1 Å². The molecule has 4 aliphatic carbocycles. The molecule has 0 spiro atoms. The smallest absolute Gasteiger partial charge is 0.302 e. The molecule has 2 saturated carbocycles. The van der Waals surface area contributed by atoms with Gasteiger partial charge in [-0.15, -0.1) is 0 Å². The molecule has 2 fully saturated rings. The maximum atomic E-state index is 11.3. The number of ether oxygens (including phenoxy) is 1. The summed E-state index contributed by atoms with van der Waals surface area (Å²) in [7, 11) is 0. The Kier molecular flexibility index (Phi) is 3.89. The van der Waals surface area contributed by atoms with E-state index in [1.807, 2.05) is 11.1 Å². The SMILES string of the molecule is CC(=O)O[C@@H]1CC[C@]2(C)[C@H](CC[C@@H]3C4=C(CC[C@@H]32)C(C)(C)CC4)C1. The standard InChI is InChI=1S/C22H34O2/c1-14(23)24-16-9-12-22(4)15(13-16)5-6-17-18-10-11-21(2,3)19(18)7-8-20(17)22/h15-17,20H,5-13H2,1-4H3/t15-,16-,17-,20+,22-/m1/s1. The average molecular weight is 331 g/mol. The van der Waals surface area contributed by atoms with Crippen LogP contribution in [0.5, 0.6) is 0 Å². The highest BCUT2D eigenvalue weighted by Gasteiger charge is 2.54. The van der Waals surface area contributed by atoms with Gasteiger partial charge in [-0.1, -0.05) is 31.9 Å². The molecule has 4 aliphatic rings. The van der Waals surface area contributed by atoms with Gasteiger partial charge in [0.05, 0.1) is 0 Å². The molecule has 0 aromatic heterocycles. The number of allylic oxidation sites excluding steroid dienone is 2. The molecule has 134 valence electrons. The number of esters is 1. The highest BCUT2D eigenvalue weighted by atomic mass is 16.5. The molecule has 0 saturated heterocycles. The third-order valence-electron chi connectivity index (χ3n) is 8.35. The van der Waals surface area contributed by atoms with Gasteiger partial charge in [0.1, 0.15) is 6.10 Å². The molecular formula is C22H34O2. The quantitative estimate of drug-likeness (QED) is 0.458. The highest BCUT2D eigenvalue weighted by Crippen LogP contribution is 2.63. The summed E-state index contributed by atoms with van der Waals surface area (Å²) < 4.78 is 5.57. The average Bonchev–Trinajstić information content (AvgIpc) is 2.83. The second-order valence-corrected chi connectivity index (χ2v) is 9.93. The van der Waals surface area contributed by atoms with E-state index >= 15 is 0 Å². The van der Waals surface area contributed by atoms with Crippen LogP contribution in [0.15, 0.2) is 11.1 Å². The minimum Gasteiger partial charge on any atom is -0.463 e. The van der Waals surface area contributed by atoms with Gasteiger partial charge >= 0.3 is 5.97 Å². The van der Waals surface area contributed by atoms with Crippen LogP contribution < -0.4 is 0 Å². The predicted molar refractivity (Wildman–Crippen MR) is 96.5 cm³/mol. The third-order valence-corrected chi connectivity index (χ3v) is 8.35. The van der Waals surface area contributed by atoms with Crippen molar-refractivity contribution in [1.82, 2.24) is 0 Å². The van der Waals surface area contributed by atoms with Crippen LogP contribution >= 0.6 is 0 Å². The number of fused-ring (bicyclic) bond motifs is 4. The lowest BCUT2D eigenvalue weighted by atomic mass is 9.49. The topological polar surface area (TPSA) is 26.3 Å². The predicted octanol–water partition coefficient (Wildman–Crippen LogP) is 5.66. The monoisotopic (exact) mass is 330 g/mol. The lowest BCUT2D eigenvalue weighted by Crippen LogP contribution is -2.49. The summed E-state index contributed by atoms with van der Waals surface area (Å²) in [4.78, 5) is 11.3. The van der Waals surface area contributed by atoms with Gasteiger partial charge in [-0.05, 0) is 86.4 Å². The summed E-state index contributed by atoms with van der Waals surface area (Å²) in [5.74, 6) is 2.40. The van der Waals surface area contributed by atoms with E-state index in [2.05, 4.69) is 20.8 Å². The fourth-order valence-corrected chi connectivity index (χ4v) is 7.04. The molecular weight excluding hydrogens is 296 g/mol. The first-order chi connectivity index (χ1) is 11.3. The van der Waals surface area contributed by atoms with Gasteiger partial charge in [-0.25, -0.2) is 0 Å². The minimum atomic E-state index is -0.0991. The molecule has 0 radical (unpaired) electrons. The van der Waals surface area contributed by atoms with Gasteiger partial charge in [-0.3, -0.25) is 4.79 Å². The van der Waals surface area contributed by atoms with Crippen molar-refractivity contribution < 1.29 is 9.53 Å². The first-order valence-electron chi connectivity index (χ1n) is 10.2. The maximum absolute atomic E-state index is 11.3. The van der Waals surface area contributed by atoms with Crippen LogP contribution in [0.1, 0.15) is 85.5 Å². The van der Waals surface area contributed by atoms with Gasteiger partial charge in [0.2, 0.25) is 0 Å². The number of carbonyl (C=O) groups is 1. The summed E-state index contributed by atoms with van der Waals surface area (Å²) in [6.45, 7) is 9.06. The van der Waals surface area contributed by atoms with Crippen LogP contribution in [0.2, 0.25) is 0 Å². The lowest BCUT2D eigenvalue weighted by Gasteiger charge is -2.57.